The van der Waals surface area contributed by atoms with Gasteiger partial charge in [-0.3, -0.25) is 9.59 Å². The van der Waals surface area contributed by atoms with Gasteiger partial charge in [-0.15, -0.1) is 0 Å². The van der Waals surface area contributed by atoms with Gasteiger partial charge in [-0.05, 0) is 45.3 Å². The number of anilines is 2. The van der Waals surface area contributed by atoms with Crippen molar-refractivity contribution >= 4 is 23.2 Å². The van der Waals surface area contributed by atoms with E-state index in [1.54, 1.807) is 30.3 Å². The van der Waals surface area contributed by atoms with E-state index in [1.165, 1.54) is 13.3 Å². The fraction of sp³-hybridized carbons (Fsp3) is 0.294. The molecule has 2 rings (SSSR count). The molecule has 0 aliphatic carbocycles. The second-order valence-electron chi connectivity index (χ2n) is 5.61. The number of hydrogen-bond donors (Lipinski definition) is 2. The molecule has 1 amide bonds. The van der Waals surface area contributed by atoms with Crippen molar-refractivity contribution in [3.63, 3.8) is 0 Å². The molecule has 0 bridgehead atoms. The fourth-order valence-corrected chi connectivity index (χ4v) is 1.97. The van der Waals surface area contributed by atoms with E-state index in [1.807, 2.05) is 19.0 Å². The zero-order valence-corrected chi connectivity index (χ0v) is 14.0. The first-order valence-electron chi connectivity index (χ1n) is 7.58. The Morgan fingerprint density at radius 1 is 1.12 bits per heavy atom. The highest BCUT2D eigenvalue weighted by molar-refractivity contribution is 6.03. The first-order chi connectivity index (χ1) is 11.5. The topological polar surface area (TPSA) is 87.2 Å². The Morgan fingerprint density at radius 3 is 2.46 bits per heavy atom. The number of ketones is 1. The van der Waals surface area contributed by atoms with Crippen LogP contribution in [-0.2, 0) is 0 Å². The molecule has 0 unspecified atom stereocenters. The number of likely N-dealkylation sites (N-methyl/N-ethyl adjacent to an activating group) is 1. The summed E-state index contributed by atoms with van der Waals surface area (Å²) in [7, 11) is 3.97. The van der Waals surface area contributed by atoms with Gasteiger partial charge in [-0.2, -0.15) is 0 Å². The summed E-state index contributed by atoms with van der Waals surface area (Å²) in [6, 6.07) is 8.32. The van der Waals surface area contributed by atoms with Crippen LogP contribution in [0.15, 0.2) is 36.7 Å². The van der Waals surface area contributed by atoms with Crippen molar-refractivity contribution in [1.29, 1.82) is 0 Å². The second-order valence-corrected chi connectivity index (χ2v) is 5.61. The van der Waals surface area contributed by atoms with Crippen LogP contribution in [0.25, 0.3) is 0 Å². The molecular formula is C17H21N5O2. The van der Waals surface area contributed by atoms with E-state index in [9.17, 15) is 9.59 Å². The summed E-state index contributed by atoms with van der Waals surface area (Å²) >= 11 is 0. The van der Waals surface area contributed by atoms with Gasteiger partial charge in [0.1, 0.15) is 17.8 Å². The van der Waals surface area contributed by atoms with E-state index in [0.717, 1.165) is 13.1 Å². The molecule has 0 saturated heterocycles. The first-order valence-corrected chi connectivity index (χ1v) is 7.58. The van der Waals surface area contributed by atoms with Gasteiger partial charge in [-0.25, -0.2) is 9.97 Å². The molecule has 0 radical (unpaired) electrons. The third kappa shape index (κ3) is 5.13. The minimum absolute atomic E-state index is 0.0166. The van der Waals surface area contributed by atoms with Crippen molar-refractivity contribution in [2.45, 2.75) is 6.92 Å². The number of hydrogen-bond acceptors (Lipinski definition) is 6. The maximum absolute atomic E-state index is 12.3. The third-order valence-electron chi connectivity index (χ3n) is 3.31. The van der Waals surface area contributed by atoms with Crippen LogP contribution >= 0.6 is 0 Å². The number of Topliss-reactive ketones (excluding diaryl/α,β-unsaturated/α-hetero) is 1. The predicted molar refractivity (Wildman–Crippen MR) is 93.5 cm³/mol. The lowest BCUT2D eigenvalue weighted by Gasteiger charge is -2.11. The molecule has 2 N–H and O–H groups in total. The van der Waals surface area contributed by atoms with Crippen LogP contribution in [0, 0.1) is 0 Å². The highest BCUT2D eigenvalue weighted by Gasteiger charge is 2.09. The molecule has 0 aliphatic heterocycles. The lowest BCUT2D eigenvalue weighted by Crippen LogP contribution is -2.21. The predicted octanol–water partition coefficient (Wildman–Crippen LogP) is 1.91. The number of carbonyl (C=O) groups is 2. The molecule has 7 nitrogen and oxygen atoms in total. The second kappa shape index (κ2) is 8.16. The molecule has 0 atom stereocenters. The van der Waals surface area contributed by atoms with E-state index in [-0.39, 0.29) is 17.4 Å². The van der Waals surface area contributed by atoms with Crippen molar-refractivity contribution < 1.29 is 9.59 Å². The largest absolute Gasteiger partial charge is 0.369 e. The zero-order valence-electron chi connectivity index (χ0n) is 14.0. The highest BCUT2D eigenvalue weighted by Crippen LogP contribution is 2.12. The average molecular weight is 327 g/mol. The average Bonchev–Trinajstić information content (AvgIpc) is 2.55. The third-order valence-corrected chi connectivity index (χ3v) is 3.31. The number of nitrogens with one attached hydrogen (secondary N) is 2. The minimum atomic E-state index is -0.330. The molecule has 1 aromatic carbocycles. The molecule has 1 aromatic heterocycles. The van der Waals surface area contributed by atoms with Gasteiger partial charge in [0, 0.05) is 30.4 Å². The van der Waals surface area contributed by atoms with Crippen LogP contribution in [-0.4, -0.2) is 53.7 Å². The molecule has 0 fully saturated rings. The Hall–Kier alpha value is -2.80. The Morgan fingerprint density at radius 2 is 1.83 bits per heavy atom. The molecular weight excluding hydrogens is 306 g/mol. The summed E-state index contributed by atoms with van der Waals surface area (Å²) in [6.07, 6.45) is 1.35. The Kier molecular flexibility index (Phi) is 5.97. The number of amides is 1. The van der Waals surface area contributed by atoms with E-state index < -0.39 is 0 Å². The van der Waals surface area contributed by atoms with Gasteiger partial charge in [0.2, 0.25) is 0 Å². The number of rotatable bonds is 7. The van der Waals surface area contributed by atoms with Crippen molar-refractivity contribution in [2.75, 3.05) is 37.8 Å². The highest BCUT2D eigenvalue weighted by atomic mass is 16.2. The summed E-state index contributed by atoms with van der Waals surface area (Å²) < 4.78 is 0. The van der Waals surface area contributed by atoms with Crippen LogP contribution in [0.3, 0.4) is 0 Å². The van der Waals surface area contributed by atoms with Gasteiger partial charge in [0.25, 0.3) is 5.91 Å². The minimum Gasteiger partial charge on any atom is -0.369 e. The maximum atomic E-state index is 12.3. The van der Waals surface area contributed by atoms with Crippen LogP contribution < -0.4 is 10.6 Å². The van der Waals surface area contributed by atoms with Crippen LogP contribution in [0.2, 0.25) is 0 Å². The summed E-state index contributed by atoms with van der Waals surface area (Å²) in [6.45, 7) is 3.07. The molecule has 0 saturated carbocycles. The van der Waals surface area contributed by atoms with Crippen molar-refractivity contribution in [2.24, 2.45) is 0 Å². The molecule has 0 spiro atoms. The van der Waals surface area contributed by atoms with Crippen LogP contribution in [0.4, 0.5) is 11.5 Å². The molecule has 126 valence electrons. The normalized spacial score (nSPS) is 10.5. The zero-order chi connectivity index (χ0) is 17.5. The van der Waals surface area contributed by atoms with Gasteiger partial charge in [0.05, 0.1) is 0 Å². The summed E-state index contributed by atoms with van der Waals surface area (Å²) in [5.74, 6) is 0.254. The Labute approximate surface area is 141 Å². The standard InChI is InChI=1S/C17H21N5O2/c1-12(23)13-4-6-14(7-5-13)21-17(24)15-10-16(20-11-19-15)18-8-9-22(2)3/h4-7,10-11H,8-9H2,1-3H3,(H,21,24)(H,18,19,20). The number of aromatic nitrogens is 2. The lowest BCUT2D eigenvalue weighted by molar-refractivity contribution is 0.101. The SMILES string of the molecule is CC(=O)c1ccc(NC(=O)c2cc(NCCN(C)C)ncn2)cc1. The van der Waals surface area contributed by atoms with Gasteiger partial charge in [-0.1, -0.05) is 0 Å². The smallest absolute Gasteiger partial charge is 0.274 e. The van der Waals surface area contributed by atoms with Gasteiger partial charge in [0.15, 0.2) is 5.78 Å². The Bertz CT molecular complexity index is 713. The quantitative estimate of drug-likeness (QED) is 0.755. The molecule has 0 aliphatic rings. The molecule has 24 heavy (non-hydrogen) atoms. The fourth-order valence-electron chi connectivity index (χ4n) is 1.97. The van der Waals surface area contributed by atoms with E-state index in [0.29, 0.717) is 17.1 Å². The van der Waals surface area contributed by atoms with E-state index in [4.69, 9.17) is 0 Å². The first kappa shape index (κ1) is 17.6. The molecule has 1 heterocycles. The van der Waals surface area contributed by atoms with Crippen molar-refractivity contribution in [3.05, 3.63) is 47.9 Å². The maximum Gasteiger partial charge on any atom is 0.274 e. The molecule has 7 heteroatoms. The monoisotopic (exact) mass is 327 g/mol. The summed E-state index contributed by atoms with van der Waals surface area (Å²) in [4.78, 5) is 33.7. The lowest BCUT2D eigenvalue weighted by atomic mass is 10.1. The van der Waals surface area contributed by atoms with Gasteiger partial charge >= 0.3 is 0 Å². The molecule has 2 aromatic rings. The number of benzene rings is 1. The van der Waals surface area contributed by atoms with E-state index in [2.05, 4.69) is 20.6 Å². The summed E-state index contributed by atoms with van der Waals surface area (Å²) in [5.41, 5.74) is 1.47. The Balaban J connectivity index is 2.00. The van der Waals surface area contributed by atoms with Crippen LogP contribution in [0.5, 0.6) is 0 Å². The van der Waals surface area contributed by atoms with Crippen LogP contribution in [0.1, 0.15) is 27.8 Å². The summed E-state index contributed by atoms with van der Waals surface area (Å²) in [5, 5.41) is 5.89. The van der Waals surface area contributed by atoms with Gasteiger partial charge < -0.3 is 15.5 Å². The van der Waals surface area contributed by atoms with Crippen molar-refractivity contribution in [3.8, 4) is 0 Å². The van der Waals surface area contributed by atoms with E-state index >= 15 is 0 Å². The number of carbonyl (C=O) groups excluding carboxylic acids is 2. The number of nitrogens with zero attached hydrogens (tertiary/aromatic N) is 3. The van der Waals surface area contributed by atoms with Crippen molar-refractivity contribution in [1.82, 2.24) is 14.9 Å².